The fraction of sp³-hybridized carbons (Fsp3) is 0.500. The van der Waals surface area contributed by atoms with Gasteiger partial charge in [-0.15, -0.1) is 0 Å². The summed E-state index contributed by atoms with van der Waals surface area (Å²) in [5, 5.41) is 11.9. The summed E-state index contributed by atoms with van der Waals surface area (Å²) in [5.74, 6) is -0.923. The second-order valence-corrected chi connectivity index (χ2v) is 5.56. The Morgan fingerprint density at radius 1 is 1.29 bits per heavy atom. The first-order chi connectivity index (χ1) is 10.1. The minimum atomic E-state index is -0.923. The molecule has 1 aromatic rings. The Labute approximate surface area is 125 Å². The van der Waals surface area contributed by atoms with E-state index in [1.165, 1.54) is 0 Å². The standard InChI is InChI=1S/C16H22N2O3/c1-18(13-9-5-6-10-13)16(21)17-14(11-15(19)20)12-7-3-2-4-8-12/h2-4,7-8,13-14H,5-6,9-11H2,1H3,(H,17,21)(H,19,20). The zero-order valence-corrected chi connectivity index (χ0v) is 12.3. The van der Waals surface area contributed by atoms with Crippen LogP contribution in [0.5, 0.6) is 0 Å². The van der Waals surface area contributed by atoms with Crippen LogP contribution in [0.2, 0.25) is 0 Å². The molecule has 1 aliphatic carbocycles. The van der Waals surface area contributed by atoms with Crippen molar-refractivity contribution in [1.29, 1.82) is 0 Å². The van der Waals surface area contributed by atoms with E-state index in [4.69, 9.17) is 5.11 Å². The fourth-order valence-electron chi connectivity index (χ4n) is 2.82. The number of nitrogens with one attached hydrogen (secondary N) is 1. The number of amides is 2. The molecule has 1 atom stereocenters. The van der Waals surface area contributed by atoms with Gasteiger partial charge in [-0.05, 0) is 18.4 Å². The summed E-state index contributed by atoms with van der Waals surface area (Å²) in [6.45, 7) is 0. The maximum absolute atomic E-state index is 12.3. The molecule has 21 heavy (non-hydrogen) atoms. The summed E-state index contributed by atoms with van der Waals surface area (Å²) in [4.78, 5) is 25.1. The van der Waals surface area contributed by atoms with Crippen LogP contribution in [-0.4, -0.2) is 35.1 Å². The summed E-state index contributed by atoms with van der Waals surface area (Å²) < 4.78 is 0. The maximum atomic E-state index is 12.3. The Bertz CT molecular complexity index is 484. The maximum Gasteiger partial charge on any atom is 0.317 e. The minimum absolute atomic E-state index is 0.117. The monoisotopic (exact) mass is 290 g/mol. The van der Waals surface area contributed by atoms with Crippen LogP contribution in [0.1, 0.15) is 43.7 Å². The van der Waals surface area contributed by atoms with Crippen molar-refractivity contribution in [2.75, 3.05) is 7.05 Å². The van der Waals surface area contributed by atoms with Crippen molar-refractivity contribution in [3.8, 4) is 0 Å². The molecular formula is C16H22N2O3. The van der Waals surface area contributed by atoms with Crippen molar-refractivity contribution in [2.45, 2.75) is 44.2 Å². The summed E-state index contributed by atoms with van der Waals surface area (Å²) in [7, 11) is 1.79. The van der Waals surface area contributed by atoms with Gasteiger partial charge in [-0.3, -0.25) is 4.79 Å². The molecule has 0 aromatic heterocycles. The van der Waals surface area contributed by atoms with Crippen molar-refractivity contribution in [3.63, 3.8) is 0 Å². The van der Waals surface area contributed by atoms with Gasteiger partial charge in [0.25, 0.3) is 0 Å². The Balaban J connectivity index is 2.04. The molecule has 1 aromatic carbocycles. The van der Waals surface area contributed by atoms with E-state index in [0.717, 1.165) is 31.2 Å². The highest BCUT2D eigenvalue weighted by Crippen LogP contribution is 2.23. The zero-order chi connectivity index (χ0) is 15.2. The molecule has 5 nitrogen and oxygen atoms in total. The number of rotatable bonds is 5. The van der Waals surface area contributed by atoms with E-state index >= 15 is 0 Å². The molecule has 1 fully saturated rings. The van der Waals surface area contributed by atoms with Gasteiger partial charge < -0.3 is 15.3 Å². The molecule has 0 spiro atoms. The number of nitrogens with zero attached hydrogens (tertiary/aromatic N) is 1. The number of carbonyl (C=O) groups is 2. The van der Waals surface area contributed by atoms with Gasteiger partial charge in [-0.1, -0.05) is 43.2 Å². The predicted molar refractivity (Wildman–Crippen MR) is 80.0 cm³/mol. The average molecular weight is 290 g/mol. The van der Waals surface area contributed by atoms with Gasteiger partial charge in [-0.2, -0.15) is 0 Å². The fourth-order valence-corrected chi connectivity index (χ4v) is 2.82. The second-order valence-electron chi connectivity index (χ2n) is 5.56. The molecule has 1 unspecified atom stereocenters. The summed E-state index contributed by atoms with van der Waals surface area (Å²) in [5.41, 5.74) is 0.813. The SMILES string of the molecule is CN(C(=O)NC(CC(=O)O)c1ccccc1)C1CCCC1. The molecular weight excluding hydrogens is 268 g/mol. The van der Waals surface area contributed by atoms with Crippen molar-refractivity contribution in [2.24, 2.45) is 0 Å². The number of hydrogen-bond acceptors (Lipinski definition) is 2. The lowest BCUT2D eigenvalue weighted by Crippen LogP contribution is -2.44. The van der Waals surface area contributed by atoms with Crippen LogP contribution >= 0.6 is 0 Å². The van der Waals surface area contributed by atoms with Gasteiger partial charge >= 0.3 is 12.0 Å². The lowest BCUT2D eigenvalue weighted by atomic mass is 10.0. The minimum Gasteiger partial charge on any atom is -0.481 e. The van der Waals surface area contributed by atoms with Crippen molar-refractivity contribution < 1.29 is 14.7 Å². The van der Waals surface area contributed by atoms with Crippen LogP contribution in [0, 0.1) is 0 Å². The summed E-state index contributed by atoms with van der Waals surface area (Å²) >= 11 is 0. The van der Waals surface area contributed by atoms with Crippen molar-refractivity contribution in [1.82, 2.24) is 10.2 Å². The van der Waals surface area contributed by atoms with Crippen LogP contribution in [0.15, 0.2) is 30.3 Å². The highest BCUT2D eigenvalue weighted by Gasteiger charge is 2.26. The molecule has 2 amide bonds. The Kier molecular flexibility index (Phi) is 5.20. The van der Waals surface area contributed by atoms with Gasteiger partial charge in [0.15, 0.2) is 0 Å². The smallest absolute Gasteiger partial charge is 0.317 e. The normalized spacial score (nSPS) is 16.4. The van der Waals surface area contributed by atoms with E-state index in [0.29, 0.717) is 0 Å². The molecule has 0 radical (unpaired) electrons. The topological polar surface area (TPSA) is 69.6 Å². The highest BCUT2D eigenvalue weighted by atomic mass is 16.4. The van der Waals surface area contributed by atoms with E-state index in [1.807, 2.05) is 30.3 Å². The third kappa shape index (κ3) is 4.21. The molecule has 1 aliphatic rings. The average Bonchev–Trinajstić information content (AvgIpc) is 3.00. The van der Waals surface area contributed by atoms with Gasteiger partial charge in [0, 0.05) is 13.1 Å². The predicted octanol–water partition coefficient (Wildman–Crippen LogP) is 2.79. The van der Waals surface area contributed by atoms with E-state index in [9.17, 15) is 9.59 Å². The second kappa shape index (κ2) is 7.11. The van der Waals surface area contributed by atoms with Crippen LogP contribution in [-0.2, 0) is 4.79 Å². The van der Waals surface area contributed by atoms with E-state index in [1.54, 1.807) is 11.9 Å². The molecule has 0 heterocycles. The van der Waals surface area contributed by atoms with E-state index in [2.05, 4.69) is 5.32 Å². The largest absolute Gasteiger partial charge is 0.481 e. The first-order valence-corrected chi connectivity index (χ1v) is 7.38. The van der Waals surface area contributed by atoms with Crippen molar-refractivity contribution in [3.05, 3.63) is 35.9 Å². The molecule has 0 aliphatic heterocycles. The Morgan fingerprint density at radius 2 is 1.90 bits per heavy atom. The quantitative estimate of drug-likeness (QED) is 0.876. The summed E-state index contributed by atoms with van der Waals surface area (Å²) in [6.07, 6.45) is 4.24. The number of carboxylic acids is 1. The third-order valence-electron chi connectivity index (χ3n) is 4.07. The van der Waals surface area contributed by atoms with Crippen LogP contribution in [0.4, 0.5) is 4.79 Å². The first-order valence-electron chi connectivity index (χ1n) is 7.38. The van der Waals surface area contributed by atoms with Crippen LogP contribution in [0.25, 0.3) is 0 Å². The van der Waals surface area contributed by atoms with Crippen molar-refractivity contribution >= 4 is 12.0 Å². The number of benzene rings is 1. The highest BCUT2D eigenvalue weighted by molar-refractivity contribution is 5.76. The number of carboxylic acid groups (broad SMARTS) is 1. The lowest BCUT2D eigenvalue weighted by molar-refractivity contribution is -0.137. The molecule has 2 N–H and O–H groups in total. The number of aliphatic carboxylic acids is 1. The van der Waals surface area contributed by atoms with Gasteiger partial charge in [0.2, 0.25) is 0 Å². The lowest BCUT2D eigenvalue weighted by Gasteiger charge is -2.27. The Hall–Kier alpha value is -2.04. The molecule has 0 saturated heterocycles. The zero-order valence-electron chi connectivity index (χ0n) is 12.3. The van der Waals surface area contributed by atoms with E-state index in [-0.39, 0.29) is 18.5 Å². The third-order valence-corrected chi connectivity index (χ3v) is 4.07. The number of urea groups is 1. The molecule has 114 valence electrons. The number of hydrogen-bond donors (Lipinski definition) is 2. The molecule has 1 saturated carbocycles. The summed E-state index contributed by atoms with van der Waals surface area (Å²) in [6, 6.07) is 8.80. The number of carbonyl (C=O) groups excluding carboxylic acids is 1. The van der Waals surface area contributed by atoms with Gasteiger partial charge in [0.1, 0.15) is 0 Å². The van der Waals surface area contributed by atoms with Crippen LogP contribution < -0.4 is 5.32 Å². The Morgan fingerprint density at radius 3 is 2.48 bits per heavy atom. The first kappa shape index (κ1) is 15.4. The van der Waals surface area contributed by atoms with E-state index < -0.39 is 12.0 Å². The molecule has 5 heteroatoms. The van der Waals surface area contributed by atoms with Gasteiger partial charge in [0.05, 0.1) is 12.5 Å². The molecule has 2 rings (SSSR count). The molecule has 0 bridgehead atoms. The van der Waals surface area contributed by atoms with Crippen LogP contribution in [0.3, 0.4) is 0 Å². The van der Waals surface area contributed by atoms with Gasteiger partial charge in [-0.25, -0.2) is 4.79 Å².